The zero-order valence-corrected chi connectivity index (χ0v) is 15.7. The van der Waals surface area contributed by atoms with Crippen LogP contribution in [0.15, 0.2) is 54.7 Å². The molecule has 1 fully saturated rings. The maximum Gasteiger partial charge on any atom is 0.123 e. The van der Waals surface area contributed by atoms with E-state index < -0.39 is 0 Å². The number of likely N-dealkylation sites (N-methyl/N-ethyl adjacent to an activating group) is 1. The quantitative estimate of drug-likeness (QED) is 0.679. The largest absolute Gasteiger partial charge is 0.380 e. The number of hydrogen-bond acceptors (Lipinski definition) is 3. The summed E-state index contributed by atoms with van der Waals surface area (Å²) in [4.78, 5) is 2.30. The summed E-state index contributed by atoms with van der Waals surface area (Å²) >= 11 is 0. The molecule has 27 heavy (non-hydrogen) atoms. The van der Waals surface area contributed by atoms with E-state index in [-0.39, 0.29) is 5.82 Å². The Kier molecular flexibility index (Phi) is 5.05. The molecule has 0 N–H and O–H groups in total. The number of aryl methyl sites for hydroxylation is 1. The van der Waals surface area contributed by atoms with Crippen molar-refractivity contribution < 1.29 is 9.13 Å². The maximum atomic E-state index is 13.8. The first kappa shape index (κ1) is 17.9. The van der Waals surface area contributed by atoms with Gasteiger partial charge in [0, 0.05) is 36.5 Å². The Hall–Kier alpha value is -2.50. The van der Waals surface area contributed by atoms with Crippen LogP contribution < -0.4 is 0 Å². The lowest BCUT2D eigenvalue weighted by Gasteiger charge is -2.22. The summed E-state index contributed by atoms with van der Waals surface area (Å²) < 4.78 is 21.2. The molecule has 0 spiro atoms. The van der Waals surface area contributed by atoms with Gasteiger partial charge in [0.2, 0.25) is 0 Å². The van der Waals surface area contributed by atoms with Crippen molar-refractivity contribution in [3.05, 3.63) is 71.7 Å². The highest BCUT2D eigenvalue weighted by Gasteiger charge is 2.22. The van der Waals surface area contributed by atoms with Gasteiger partial charge in [-0.2, -0.15) is 5.10 Å². The van der Waals surface area contributed by atoms with Gasteiger partial charge in [-0.1, -0.05) is 24.3 Å². The lowest BCUT2D eigenvalue weighted by Crippen LogP contribution is -2.31. The summed E-state index contributed by atoms with van der Waals surface area (Å²) in [6.07, 6.45) is 3.10. The van der Waals surface area contributed by atoms with E-state index in [1.54, 1.807) is 12.1 Å². The first-order chi connectivity index (χ1) is 13.1. The molecule has 1 aliphatic heterocycles. The molecule has 1 atom stereocenters. The molecule has 0 radical (unpaired) electrons. The van der Waals surface area contributed by atoms with Crippen molar-refractivity contribution in [3.63, 3.8) is 0 Å². The minimum absolute atomic E-state index is 0.249. The van der Waals surface area contributed by atoms with Gasteiger partial charge in [0.25, 0.3) is 0 Å². The normalized spacial score (nSPS) is 17.0. The highest BCUT2D eigenvalue weighted by atomic mass is 19.1. The summed E-state index contributed by atoms with van der Waals surface area (Å²) in [5.41, 5.74) is 4.88. The molecule has 0 saturated carbocycles. The predicted octanol–water partition coefficient (Wildman–Crippen LogP) is 4.21. The molecule has 0 unspecified atom stereocenters. The number of aromatic nitrogens is 2. The van der Waals surface area contributed by atoms with E-state index >= 15 is 0 Å². The number of nitrogens with zero attached hydrogens (tertiary/aromatic N) is 3. The average molecular weight is 365 g/mol. The standard InChI is InChI=1S/C22H24FN3O/c1-16-5-3-8-20(11-16)26-14-18(13-25(2)21-9-10-27-15-21)22(24-26)17-6-4-7-19(23)12-17/h3-8,11-12,14,21H,9-10,13,15H2,1-2H3/t21-/m0/s1. The number of rotatable bonds is 5. The molecule has 2 heterocycles. The summed E-state index contributed by atoms with van der Waals surface area (Å²) in [6, 6.07) is 15.3. The highest BCUT2D eigenvalue weighted by molar-refractivity contribution is 5.63. The number of hydrogen-bond donors (Lipinski definition) is 0. The van der Waals surface area contributed by atoms with Crippen LogP contribution in [0.1, 0.15) is 17.5 Å². The number of halogens is 1. The Bertz CT molecular complexity index is 931. The summed E-state index contributed by atoms with van der Waals surface area (Å²) in [6.45, 7) is 4.38. The van der Waals surface area contributed by atoms with Crippen molar-refractivity contribution in [2.45, 2.75) is 25.9 Å². The van der Waals surface area contributed by atoms with Crippen molar-refractivity contribution in [2.75, 3.05) is 20.3 Å². The fourth-order valence-corrected chi connectivity index (χ4v) is 3.57. The first-order valence-electron chi connectivity index (χ1n) is 9.29. The molecule has 4 nitrogen and oxygen atoms in total. The van der Waals surface area contributed by atoms with Crippen LogP contribution in [0.5, 0.6) is 0 Å². The van der Waals surface area contributed by atoms with Crippen molar-refractivity contribution >= 4 is 0 Å². The van der Waals surface area contributed by atoms with Crippen LogP contribution in [-0.2, 0) is 11.3 Å². The molecule has 1 aliphatic rings. The van der Waals surface area contributed by atoms with Crippen LogP contribution in [-0.4, -0.2) is 41.0 Å². The van der Waals surface area contributed by atoms with Gasteiger partial charge < -0.3 is 4.74 Å². The molecule has 1 aromatic heterocycles. The zero-order valence-electron chi connectivity index (χ0n) is 15.7. The summed E-state index contributed by atoms with van der Waals surface area (Å²) in [7, 11) is 2.11. The maximum absolute atomic E-state index is 13.8. The molecular weight excluding hydrogens is 341 g/mol. The van der Waals surface area contributed by atoms with Crippen LogP contribution >= 0.6 is 0 Å². The molecule has 3 aromatic rings. The van der Waals surface area contributed by atoms with E-state index in [9.17, 15) is 4.39 Å². The lowest BCUT2D eigenvalue weighted by atomic mass is 10.1. The van der Waals surface area contributed by atoms with Gasteiger partial charge >= 0.3 is 0 Å². The first-order valence-corrected chi connectivity index (χ1v) is 9.29. The monoisotopic (exact) mass is 365 g/mol. The van der Waals surface area contributed by atoms with E-state index in [4.69, 9.17) is 9.84 Å². The molecular formula is C22H24FN3O. The van der Waals surface area contributed by atoms with Crippen LogP contribution in [0.4, 0.5) is 4.39 Å². The molecule has 1 saturated heterocycles. The van der Waals surface area contributed by atoms with Crippen LogP contribution in [0.25, 0.3) is 16.9 Å². The van der Waals surface area contributed by atoms with Crippen LogP contribution in [0, 0.1) is 12.7 Å². The van der Waals surface area contributed by atoms with Gasteiger partial charge in [-0.3, -0.25) is 4.90 Å². The van der Waals surface area contributed by atoms with Crippen molar-refractivity contribution in [1.29, 1.82) is 0 Å². The Labute approximate surface area is 159 Å². The highest BCUT2D eigenvalue weighted by Crippen LogP contribution is 2.26. The minimum atomic E-state index is -0.249. The van der Waals surface area contributed by atoms with E-state index in [0.717, 1.165) is 48.7 Å². The third kappa shape index (κ3) is 3.94. The molecule has 0 amide bonds. The fraction of sp³-hybridized carbons (Fsp3) is 0.318. The molecule has 5 heteroatoms. The van der Waals surface area contributed by atoms with Gasteiger partial charge in [-0.05, 0) is 50.2 Å². The van der Waals surface area contributed by atoms with E-state index in [1.807, 2.05) is 22.9 Å². The van der Waals surface area contributed by atoms with Gasteiger partial charge in [0.05, 0.1) is 18.0 Å². The predicted molar refractivity (Wildman–Crippen MR) is 104 cm³/mol. The lowest BCUT2D eigenvalue weighted by molar-refractivity contribution is 0.156. The Morgan fingerprint density at radius 3 is 2.81 bits per heavy atom. The van der Waals surface area contributed by atoms with Crippen LogP contribution in [0.2, 0.25) is 0 Å². The average Bonchev–Trinajstić information content (AvgIpc) is 3.32. The topological polar surface area (TPSA) is 30.3 Å². The summed E-state index contributed by atoms with van der Waals surface area (Å²) in [5.74, 6) is -0.249. The van der Waals surface area contributed by atoms with Gasteiger partial charge in [-0.25, -0.2) is 9.07 Å². The molecule has 140 valence electrons. The Morgan fingerprint density at radius 1 is 1.22 bits per heavy atom. The minimum Gasteiger partial charge on any atom is -0.380 e. The van der Waals surface area contributed by atoms with E-state index in [0.29, 0.717) is 6.04 Å². The third-order valence-corrected chi connectivity index (χ3v) is 5.10. The second-order valence-electron chi connectivity index (χ2n) is 7.23. The van der Waals surface area contributed by atoms with E-state index in [1.165, 1.54) is 11.6 Å². The van der Waals surface area contributed by atoms with Gasteiger partial charge in [-0.15, -0.1) is 0 Å². The Balaban J connectivity index is 1.73. The molecule has 0 bridgehead atoms. The van der Waals surface area contributed by atoms with Crippen molar-refractivity contribution in [2.24, 2.45) is 0 Å². The second kappa shape index (κ2) is 7.62. The molecule has 2 aromatic carbocycles. The third-order valence-electron chi connectivity index (χ3n) is 5.10. The van der Waals surface area contributed by atoms with Gasteiger partial charge in [0.1, 0.15) is 5.82 Å². The Morgan fingerprint density at radius 2 is 2.07 bits per heavy atom. The second-order valence-corrected chi connectivity index (χ2v) is 7.23. The van der Waals surface area contributed by atoms with E-state index in [2.05, 4.69) is 37.2 Å². The number of benzene rings is 2. The SMILES string of the molecule is Cc1cccc(-n2cc(CN(C)[C@H]3CCOC3)c(-c3cccc(F)c3)n2)c1. The molecule has 4 rings (SSSR count). The smallest absolute Gasteiger partial charge is 0.123 e. The zero-order chi connectivity index (χ0) is 18.8. The fourth-order valence-electron chi connectivity index (χ4n) is 3.57. The summed E-state index contributed by atoms with van der Waals surface area (Å²) in [5, 5.41) is 4.80. The van der Waals surface area contributed by atoms with Crippen LogP contribution in [0.3, 0.4) is 0 Å². The van der Waals surface area contributed by atoms with Gasteiger partial charge in [0.15, 0.2) is 0 Å². The number of ether oxygens (including phenoxy) is 1. The van der Waals surface area contributed by atoms with Crippen molar-refractivity contribution in [1.82, 2.24) is 14.7 Å². The van der Waals surface area contributed by atoms with Crippen molar-refractivity contribution in [3.8, 4) is 16.9 Å². The molecule has 0 aliphatic carbocycles.